The molecule has 3 N–H and O–H groups in total. The largest absolute Gasteiger partial charge is 0.335 e. The van der Waals surface area contributed by atoms with Crippen LogP contribution in [-0.2, 0) is 0 Å². The molecule has 1 heterocycles. The van der Waals surface area contributed by atoms with Crippen molar-refractivity contribution in [1.29, 1.82) is 0 Å². The maximum Gasteiger partial charge on any atom is 0.319 e. The maximum atomic E-state index is 12.4. The molecule has 0 atom stereocenters. The molecule has 1 saturated carbocycles. The number of rotatable bonds is 4. The van der Waals surface area contributed by atoms with Gasteiger partial charge in [-0.05, 0) is 37.1 Å². The highest BCUT2D eigenvalue weighted by atomic mass is 32.1. The van der Waals surface area contributed by atoms with Crippen LogP contribution in [0.5, 0.6) is 0 Å². The van der Waals surface area contributed by atoms with Gasteiger partial charge < -0.3 is 16.0 Å². The van der Waals surface area contributed by atoms with Crippen LogP contribution in [0.15, 0.2) is 48.5 Å². The first-order valence-electron chi connectivity index (χ1n) is 9.07. The summed E-state index contributed by atoms with van der Waals surface area (Å²) >= 11 is 1.58. The standard InChI is InChI=1S/C20H22N4OS/c25-19(21-14-8-3-1-4-9-14)23-16-12-7-13-17-18(16)24-20(26-17)22-15-10-5-2-6-11-15/h2,5-7,10-14H,1,3-4,8-9H2,(H,22,24)(H2,21,23,25). The van der Waals surface area contributed by atoms with Gasteiger partial charge in [-0.2, -0.15) is 0 Å². The lowest BCUT2D eigenvalue weighted by Crippen LogP contribution is -2.39. The second-order valence-electron chi connectivity index (χ2n) is 6.60. The number of urea groups is 1. The molecule has 4 rings (SSSR count). The van der Waals surface area contributed by atoms with Crippen LogP contribution < -0.4 is 16.0 Å². The normalized spacial score (nSPS) is 14.9. The fourth-order valence-electron chi connectivity index (χ4n) is 3.34. The average Bonchev–Trinajstić information content (AvgIpc) is 3.07. The van der Waals surface area contributed by atoms with Crippen molar-refractivity contribution in [2.45, 2.75) is 38.1 Å². The summed E-state index contributed by atoms with van der Waals surface area (Å²) in [5, 5.41) is 10.2. The van der Waals surface area contributed by atoms with Crippen molar-refractivity contribution in [3.05, 3.63) is 48.5 Å². The molecule has 0 unspecified atom stereocenters. The second-order valence-corrected chi connectivity index (χ2v) is 7.63. The molecular weight excluding hydrogens is 344 g/mol. The lowest BCUT2D eigenvalue weighted by Gasteiger charge is -2.22. The molecule has 0 radical (unpaired) electrons. The van der Waals surface area contributed by atoms with E-state index in [2.05, 4.69) is 20.9 Å². The molecule has 1 aromatic heterocycles. The van der Waals surface area contributed by atoms with E-state index in [0.29, 0.717) is 0 Å². The number of benzene rings is 2. The van der Waals surface area contributed by atoms with Crippen LogP contribution in [0.1, 0.15) is 32.1 Å². The van der Waals surface area contributed by atoms with Gasteiger partial charge in [0, 0.05) is 11.7 Å². The van der Waals surface area contributed by atoms with Crippen molar-refractivity contribution in [1.82, 2.24) is 10.3 Å². The summed E-state index contributed by atoms with van der Waals surface area (Å²) in [5.74, 6) is 0. The fourth-order valence-corrected chi connectivity index (χ4v) is 4.25. The Hall–Kier alpha value is -2.60. The second kappa shape index (κ2) is 7.74. The van der Waals surface area contributed by atoms with E-state index in [1.807, 2.05) is 48.5 Å². The van der Waals surface area contributed by atoms with Gasteiger partial charge in [-0.15, -0.1) is 0 Å². The SMILES string of the molecule is O=C(Nc1cccc2sc(Nc3ccccc3)nc12)NC1CCCCC1. The first-order chi connectivity index (χ1) is 12.8. The highest BCUT2D eigenvalue weighted by molar-refractivity contribution is 7.22. The third kappa shape index (κ3) is 3.96. The first kappa shape index (κ1) is 16.8. The number of anilines is 3. The van der Waals surface area contributed by atoms with Gasteiger partial charge in [-0.1, -0.05) is 54.9 Å². The number of carbonyl (C=O) groups is 1. The van der Waals surface area contributed by atoms with E-state index in [9.17, 15) is 4.79 Å². The van der Waals surface area contributed by atoms with E-state index in [-0.39, 0.29) is 12.1 Å². The predicted molar refractivity (Wildman–Crippen MR) is 108 cm³/mol. The topological polar surface area (TPSA) is 66.0 Å². The molecule has 1 aliphatic rings. The molecule has 1 fully saturated rings. The van der Waals surface area contributed by atoms with Crippen molar-refractivity contribution in [2.75, 3.05) is 10.6 Å². The number of nitrogens with zero attached hydrogens (tertiary/aromatic N) is 1. The lowest BCUT2D eigenvalue weighted by atomic mass is 9.96. The average molecular weight is 366 g/mol. The molecule has 0 aliphatic heterocycles. The van der Waals surface area contributed by atoms with Gasteiger partial charge in [-0.25, -0.2) is 9.78 Å². The molecule has 134 valence electrons. The van der Waals surface area contributed by atoms with Crippen LogP contribution in [0, 0.1) is 0 Å². The van der Waals surface area contributed by atoms with Crippen LogP contribution in [0.25, 0.3) is 10.2 Å². The van der Waals surface area contributed by atoms with Gasteiger partial charge in [0.15, 0.2) is 5.13 Å². The van der Waals surface area contributed by atoms with Crippen LogP contribution >= 0.6 is 11.3 Å². The number of thiazole rings is 1. The van der Waals surface area contributed by atoms with E-state index in [1.54, 1.807) is 11.3 Å². The van der Waals surface area contributed by atoms with Crippen molar-refractivity contribution in [3.63, 3.8) is 0 Å². The molecule has 6 heteroatoms. The zero-order valence-electron chi connectivity index (χ0n) is 14.5. The molecule has 2 aromatic carbocycles. The minimum Gasteiger partial charge on any atom is -0.335 e. The summed E-state index contributed by atoms with van der Waals surface area (Å²) < 4.78 is 1.04. The summed E-state index contributed by atoms with van der Waals surface area (Å²) in [5.41, 5.74) is 2.55. The molecule has 26 heavy (non-hydrogen) atoms. The van der Waals surface area contributed by atoms with Gasteiger partial charge in [0.25, 0.3) is 0 Å². The number of hydrogen-bond donors (Lipinski definition) is 3. The van der Waals surface area contributed by atoms with Crippen molar-refractivity contribution in [2.24, 2.45) is 0 Å². The van der Waals surface area contributed by atoms with Crippen LogP contribution in [0.2, 0.25) is 0 Å². The number of para-hydroxylation sites is 2. The minimum atomic E-state index is -0.144. The van der Waals surface area contributed by atoms with Crippen LogP contribution in [-0.4, -0.2) is 17.1 Å². The van der Waals surface area contributed by atoms with Crippen LogP contribution in [0.3, 0.4) is 0 Å². The molecule has 3 aromatic rings. The van der Waals surface area contributed by atoms with E-state index in [4.69, 9.17) is 0 Å². The zero-order valence-corrected chi connectivity index (χ0v) is 15.3. The molecule has 5 nitrogen and oxygen atoms in total. The smallest absolute Gasteiger partial charge is 0.319 e. The number of carbonyl (C=O) groups excluding carboxylic acids is 1. The van der Waals surface area contributed by atoms with Gasteiger partial charge in [0.05, 0.1) is 10.4 Å². The van der Waals surface area contributed by atoms with Crippen molar-refractivity contribution >= 4 is 44.1 Å². The summed E-state index contributed by atoms with van der Waals surface area (Å²) in [7, 11) is 0. The highest BCUT2D eigenvalue weighted by Crippen LogP contribution is 2.32. The molecule has 0 bridgehead atoms. The third-order valence-electron chi connectivity index (χ3n) is 4.63. The number of fused-ring (bicyclic) bond motifs is 1. The van der Waals surface area contributed by atoms with E-state index >= 15 is 0 Å². The Morgan fingerprint density at radius 3 is 2.62 bits per heavy atom. The van der Waals surface area contributed by atoms with Gasteiger partial charge in [0.1, 0.15) is 5.52 Å². The maximum absolute atomic E-state index is 12.4. The fraction of sp³-hybridized carbons (Fsp3) is 0.300. The van der Waals surface area contributed by atoms with E-state index in [1.165, 1.54) is 19.3 Å². The number of hydrogen-bond acceptors (Lipinski definition) is 4. The molecule has 2 amide bonds. The summed E-state index contributed by atoms with van der Waals surface area (Å²) in [6, 6.07) is 16.0. The van der Waals surface area contributed by atoms with E-state index < -0.39 is 0 Å². The van der Waals surface area contributed by atoms with Gasteiger partial charge >= 0.3 is 6.03 Å². The van der Waals surface area contributed by atoms with E-state index in [0.717, 1.165) is 39.6 Å². The predicted octanol–water partition coefficient (Wildman–Crippen LogP) is 5.49. The highest BCUT2D eigenvalue weighted by Gasteiger charge is 2.17. The molecule has 0 saturated heterocycles. The number of aromatic nitrogens is 1. The Labute approximate surface area is 156 Å². The summed E-state index contributed by atoms with van der Waals surface area (Å²) in [6.07, 6.45) is 5.80. The quantitative estimate of drug-likeness (QED) is 0.572. The Bertz CT molecular complexity index is 887. The monoisotopic (exact) mass is 366 g/mol. The van der Waals surface area contributed by atoms with Gasteiger partial charge in [-0.3, -0.25) is 0 Å². The molecular formula is C20H22N4OS. The summed E-state index contributed by atoms with van der Waals surface area (Å²) in [6.45, 7) is 0. The van der Waals surface area contributed by atoms with Crippen molar-refractivity contribution in [3.8, 4) is 0 Å². The Morgan fingerprint density at radius 2 is 1.81 bits per heavy atom. The van der Waals surface area contributed by atoms with Gasteiger partial charge in [0.2, 0.25) is 0 Å². The lowest BCUT2D eigenvalue weighted by molar-refractivity contribution is 0.244. The third-order valence-corrected chi connectivity index (χ3v) is 5.57. The van der Waals surface area contributed by atoms with Crippen LogP contribution in [0.4, 0.5) is 21.3 Å². The number of nitrogens with one attached hydrogen (secondary N) is 3. The Balaban J connectivity index is 1.49. The Kier molecular flexibility index (Phi) is 5.02. The number of amides is 2. The zero-order chi connectivity index (χ0) is 17.8. The Morgan fingerprint density at radius 1 is 1.00 bits per heavy atom. The molecule has 0 spiro atoms. The molecule has 1 aliphatic carbocycles. The van der Waals surface area contributed by atoms with Crippen molar-refractivity contribution < 1.29 is 4.79 Å². The first-order valence-corrected chi connectivity index (χ1v) is 9.89. The minimum absolute atomic E-state index is 0.144. The summed E-state index contributed by atoms with van der Waals surface area (Å²) in [4.78, 5) is 17.0.